The summed E-state index contributed by atoms with van der Waals surface area (Å²) in [6, 6.07) is 1.60. The maximum absolute atomic E-state index is 11.6. The summed E-state index contributed by atoms with van der Waals surface area (Å²) >= 11 is 0. The number of halogens is 1. The van der Waals surface area contributed by atoms with Gasteiger partial charge in [0, 0.05) is 10.2 Å². The average Bonchev–Trinajstić information content (AvgIpc) is 2.62. The van der Waals surface area contributed by atoms with Gasteiger partial charge in [-0.1, -0.05) is 6.58 Å². The monoisotopic (exact) mass is 195 g/mol. The predicted octanol–water partition coefficient (Wildman–Crippen LogP) is 2.41. The van der Waals surface area contributed by atoms with Gasteiger partial charge in [0.25, 0.3) is 0 Å². The molecule has 1 aliphatic carbocycles. The first-order chi connectivity index (χ1) is 6.72. The van der Waals surface area contributed by atoms with E-state index in [1.165, 1.54) is 0 Å². The fourth-order valence-corrected chi connectivity index (χ4v) is 1.77. The first-order valence-electron chi connectivity index (χ1n) is 4.45. The van der Waals surface area contributed by atoms with Gasteiger partial charge in [-0.25, -0.2) is 9.74 Å². The summed E-state index contributed by atoms with van der Waals surface area (Å²) in [7, 11) is 0. The van der Waals surface area contributed by atoms with Crippen molar-refractivity contribution >= 4 is 11.5 Å². The molecule has 4 heteroatoms. The van der Waals surface area contributed by atoms with Gasteiger partial charge in [-0.05, 0) is 36.5 Å². The number of hydrogen-bond acceptors (Lipinski definition) is 2. The van der Waals surface area contributed by atoms with Crippen molar-refractivity contribution in [2.24, 2.45) is 0 Å². The predicted molar refractivity (Wildman–Crippen MR) is 49.3 cm³/mol. The Morgan fingerprint density at radius 1 is 1.57 bits per heavy atom. The SMILES string of the molecule is C=C1CCCc2[nH]c(C(=O)OF)cc21. The zero-order valence-electron chi connectivity index (χ0n) is 7.60. The van der Waals surface area contributed by atoms with E-state index < -0.39 is 5.97 Å². The van der Waals surface area contributed by atoms with Crippen LogP contribution in [-0.2, 0) is 11.4 Å². The molecule has 1 aliphatic rings. The fourth-order valence-electron chi connectivity index (χ4n) is 1.77. The zero-order chi connectivity index (χ0) is 10.1. The van der Waals surface area contributed by atoms with E-state index in [1.807, 2.05) is 0 Å². The van der Waals surface area contributed by atoms with E-state index >= 15 is 0 Å². The summed E-state index contributed by atoms with van der Waals surface area (Å²) < 4.78 is 11.6. The molecule has 0 aliphatic heterocycles. The van der Waals surface area contributed by atoms with Crippen LogP contribution in [0.5, 0.6) is 0 Å². The van der Waals surface area contributed by atoms with E-state index in [0.29, 0.717) is 0 Å². The quantitative estimate of drug-likeness (QED) is 0.747. The molecule has 0 bridgehead atoms. The van der Waals surface area contributed by atoms with Gasteiger partial charge in [-0.2, -0.15) is 0 Å². The Kier molecular flexibility index (Phi) is 2.11. The second-order valence-electron chi connectivity index (χ2n) is 3.40. The minimum atomic E-state index is -0.979. The molecule has 3 nitrogen and oxygen atoms in total. The van der Waals surface area contributed by atoms with Crippen LogP contribution in [0.2, 0.25) is 0 Å². The van der Waals surface area contributed by atoms with Gasteiger partial charge in [0.2, 0.25) is 0 Å². The van der Waals surface area contributed by atoms with Crippen LogP contribution in [0.4, 0.5) is 4.53 Å². The van der Waals surface area contributed by atoms with Gasteiger partial charge in [0.15, 0.2) is 0 Å². The normalized spacial score (nSPS) is 15.1. The molecule has 0 saturated heterocycles. The highest BCUT2D eigenvalue weighted by Gasteiger charge is 2.19. The van der Waals surface area contributed by atoms with E-state index in [4.69, 9.17) is 0 Å². The number of carbonyl (C=O) groups is 1. The van der Waals surface area contributed by atoms with E-state index in [9.17, 15) is 9.32 Å². The summed E-state index contributed by atoms with van der Waals surface area (Å²) in [5.74, 6) is -0.979. The Morgan fingerprint density at radius 3 is 3.00 bits per heavy atom. The second kappa shape index (κ2) is 3.29. The molecule has 0 spiro atoms. The lowest BCUT2D eigenvalue weighted by Crippen LogP contribution is -2.00. The number of carbonyl (C=O) groups excluding carboxylic acids is 1. The van der Waals surface area contributed by atoms with Gasteiger partial charge in [-0.15, -0.1) is 0 Å². The molecule has 14 heavy (non-hydrogen) atoms. The van der Waals surface area contributed by atoms with E-state index in [2.05, 4.69) is 16.5 Å². The van der Waals surface area contributed by atoms with Crippen LogP contribution >= 0.6 is 0 Å². The molecule has 1 aromatic rings. The minimum Gasteiger partial charge on any atom is -0.352 e. The number of aromatic nitrogens is 1. The van der Waals surface area contributed by atoms with E-state index in [-0.39, 0.29) is 5.69 Å². The highest BCUT2D eigenvalue weighted by Crippen LogP contribution is 2.29. The van der Waals surface area contributed by atoms with Crippen molar-refractivity contribution in [1.29, 1.82) is 0 Å². The molecule has 1 N–H and O–H groups in total. The van der Waals surface area contributed by atoms with Crippen molar-refractivity contribution in [2.75, 3.05) is 0 Å². The average molecular weight is 195 g/mol. The number of hydrogen-bond donors (Lipinski definition) is 1. The number of allylic oxidation sites excluding steroid dienone is 1. The number of H-pyrrole nitrogens is 1. The number of nitrogens with one attached hydrogen (secondary N) is 1. The van der Waals surface area contributed by atoms with Gasteiger partial charge >= 0.3 is 5.97 Å². The number of aromatic amines is 1. The molecular weight excluding hydrogens is 185 g/mol. The van der Waals surface area contributed by atoms with Crippen LogP contribution in [0, 0.1) is 0 Å². The van der Waals surface area contributed by atoms with Crippen LogP contribution in [0.3, 0.4) is 0 Å². The Morgan fingerprint density at radius 2 is 2.36 bits per heavy atom. The largest absolute Gasteiger partial charge is 0.395 e. The highest BCUT2D eigenvalue weighted by molar-refractivity contribution is 5.89. The minimum absolute atomic E-state index is 0.153. The first-order valence-corrected chi connectivity index (χ1v) is 4.45. The third-order valence-electron chi connectivity index (χ3n) is 2.48. The molecule has 0 amide bonds. The summed E-state index contributed by atoms with van der Waals surface area (Å²) in [4.78, 5) is 16.9. The van der Waals surface area contributed by atoms with Crippen LogP contribution in [0.25, 0.3) is 5.57 Å². The summed E-state index contributed by atoms with van der Waals surface area (Å²) in [6.45, 7) is 3.89. The molecule has 0 aromatic carbocycles. The smallest absolute Gasteiger partial charge is 0.352 e. The maximum atomic E-state index is 11.6. The third-order valence-corrected chi connectivity index (χ3v) is 2.48. The van der Waals surface area contributed by atoms with Crippen LogP contribution in [0.15, 0.2) is 12.6 Å². The van der Waals surface area contributed by atoms with Gasteiger partial charge < -0.3 is 4.98 Å². The second-order valence-corrected chi connectivity index (χ2v) is 3.40. The van der Waals surface area contributed by atoms with Crippen molar-refractivity contribution in [3.63, 3.8) is 0 Å². The molecule has 0 saturated carbocycles. The van der Waals surface area contributed by atoms with Gasteiger partial charge in [0.05, 0.1) is 0 Å². The Bertz CT molecular complexity index is 395. The van der Waals surface area contributed by atoms with Crippen LogP contribution < -0.4 is 0 Å². The topological polar surface area (TPSA) is 42.1 Å². The summed E-state index contributed by atoms with van der Waals surface area (Å²) in [5.41, 5.74) is 3.01. The van der Waals surface area contributed by atoms with E-state index in [0.717, 1.165) is 36.1 Å². The molecule has 1 heterocycles. The van der Waals surface area contributed by atoms with Crippen LogP contribution in [-0.4, -0.2) is 11.0 Å². The maximum Gasteiger partial charge on any atom is 0.395 e. The number of rotatable bonds is 1. The molecule has 0 atom stereocenters. The molecular formula is C10H10FNO2. The van der Waals surface area contributed by atoms with E-state index in [1.54, 1.807) is 6.07 Å². The van der Waals surface area contributed by atoms with Crippen molar-refractivity contribution in [3.8, 4) is 0 Å². The van der Waals surface area contributed by atoms with Crippen molar-refractivity contribution in [3.05, 3.63) is 29.6 Å². The van der Waals surface area contributed by atoms with Gasteiger partial charge in [0.1, 0.15) is 5.69 Å². The van der Waals surface area contributed by atoms with Crippen LogP contribution in [0.1, 0.15) is 34.6 Å². The summed E-state index contributed by atoms with van der Waals surface area (Å²) in [6.07, 6.45) is 2.80. The Hall–Kier alpha value is -1.58. The molecule has 2 rings (SSSR count). The lowest BCUT2D eigenvalue weighted by atomic mass is 9.94. The molecule has 0 radical (unpaired) electrons. The number of fused-ring (bicyclic) bond motifs is 1. The standard InChI is InChI=1S/C10H10FNO2/c1-6-3-2-4-8-7(6)5-9(12-8)10(13)14-11/h5,12H,1-4H2. The first kappa shape index (κ1) is 8.99. The van der Waals surface area contributed by atoms with Crippen molar-refractivity contribution in [2.45, 2.75) is 19.3 Å². The molecule has 1 aromatic heterocycles. The van der Waals surface area contributed by atoms with Crippen molar-refractivity contribution < 1.29 is 14.3 Å². The number of aryl methyl sites for hydroxylation is 1. The third kappa shape index (κ3) is 1.32. The Balaban J connectivity index is 2.40. The fraction of sp³-hybridized carbons (Fsp3) is 0.300. The van der Waals surface area contributed by atoms with Gasteiger partial charge in [-0.3, -0.25) is 0 Å². The zero-order valence-corrected chi connectivity index (χ0v) is 7.60. The molecule has 0 fully saturated rings. The van der Waals surface area contributed by atoms with Crippen molar-refractivity contribution in [1.82, 2.24) is 4.98 Å². The Labute approximate surface area is 80.5 Å². The lowest BCUT2D eigenvalue weighted by Gasteiger charge is -2.12. The molecule has 74 valence electrons. The molecule has 0 unspecified atom stereocenters. The highest BCUT2D eigenvalue weighted by atomic mass is 19.3. The summed E-state index contributed by atoms with van der Waals surface area (Å²) in [5, 5.41) is 0. The lowest BCUT2D eigenvalue weighted by molar-refractivity contribution is -0.0792.